The van der Waals surface area contributed by atoms with Crippen molar-refractivity contribution >= 4 is 16.7 Å². The largest absolute Gasteiger partial charge is 0.496 e. The molecule has 2 heterocycles. The molecule has 0 aliphatic carbocycles. The minimum atomic E-state index is 0.427. The third-order valence-corrected chi connectivity index (χ3v) is 5.85. The molecule has 1 N–H and O–H groups in total. The summed E-state index contributed by atoms with van der Waals surface area (Å²) in [6.45, 7) is 6.96. The zero-order valence-corrected chi connectivity index (χ0v) is 18.6. The van der Waals surface area contributed by atoms with E-state index in [0.717, 1.165) is 60.0 Å². The van der Waals surface area contributed by atoms with Crippen LogP contribution in [0.4, 0.5) is 5.82 Å². The van der Waals surface area contributed by atoms with Gasteiger partial charge in [-0.25, -0.2) is 4.98 Å². The summed E-state index contributed by atoms with van der Waals surface area (Å²) < 4.78 is 16.8. The van der Waals surface area contributed by atoms with Crippen molar-refractivity contribution < 1.29 is 14.2 Å². The van der Waals surface area contributed by atoms with Gasteiger partial charge in [0.15, 0.2) is 0 Å². The predicted octanol–water partition coefficient (Wildman–Crippen LogP) is 3.98. The summed E-state index contributed by atoms with van der Waals surface area (Å²) in [5.41, 5.74) is 3.32. The van der Waals surface area contributed by atoms with Gasteiger partial charge in [-0.2, -0.15) is 0 Å². The maximum Gasteiger partial charge on any atom is 0.145 e. The molecule has 164 valence electrons. The Kier molecular flexibility index (Phi) is 6.89. The van der Waals surface area contributed by atoms with Crippen molar-refractivity contribution in [1.29, 1.82) is 0 Å². The second-order valence-electron chi connectivity index (χ2n) is 7.88. The van der Waals surface area contributed by atoms with Gasteiger partial charge in [-0.15, -0.1) is 0 Å². The fraction of sp³-hybridized carbons (Fsp3) is 0.400. The number of benzene rings is 2. The molecule has 4 rings (SSSR count). The van der Waals surface area contributed by atoms with E-state index in [0.29, 0.717) is 19.1 Å². The second kappa shape index (κ2) is 9.98. The van der Waals surface area contributed by atoms with Crippen molar-refractivity contribution in [1.82, 2.24) is 10.3 Å². The number of morpholine rings is 1. The molecular formula is C25H31N3O3. The van der Waals surface area contributed by atoms with E-state index in [1.807, 2.05) is 12.1 Å². The Hall–Kier alpha value is -2.83. The number of nitrogens with one attached hydrogen (secondary N) is 1. The first-order valence-electron chi connectivity index (χ1n) is 10.8. The van der Waals surface area contributed by atoms with Crippen LogP contribution in [-0.2, 0) is 11.3 Å². The quantitative estimate of drug-likeness (QED) is 0.594. The van der Waals surface area contributed by atoms with Gasteiger partial charge < -0.3 is 24.4 Å². The van der Waals surface area contributed by atoms with Gasteiger partial charge in [-0.3, -0.25) is 0 Å². The molecule has 0 bridgehead atoms. The summed E-state index contributed by atoms with van der Waals surface area (Å²) in [4.78, 5) is 7.36. The van der Waals surface area contributed by atoms with Gasteiger partial charge in [-0.05, 0) is 29.7 Å². The standard InChI is InChI=1S/C25H31N3O3/c1-18(19-7-5-4-6-8-19)16-26-17-20-15-21-22(29-2)9-10-23(30-3)24(21)27-25(20)28-11-13-31-14-12-28/h4-10,15,18,26H,11-14,16-17H2,1-3H3. The number of ether oxygens (including phenoxy) is 3. The van der Waals surface area contributed by atoms with Crippen molar-refractivity contribution in [3.05, 3.63) is 59.7 Å². The zero-order valence-electron chi connectivity index (χ0n) is 18.6. The first-order valence-corrected chi connectivity index (χ1v) is 10.8. The van der Waals surface area contributed by atoms with E-state index < -0.39 is 0 Å². The Bertz CT molecular complexity index is 1000. The maximum absolute atomic E-state index is 5.62. The zero-order chi connectivity index (χ0) is 21.6. The average Bonchev–Trinajstić information content (AvgIpc) is 2.83. The van der Waals surface area contributed by atoms with Crippen molar-refractivity contribution in [2.75, 3.05) is 52.0 Å². The highest BCUT2D eigenvalue weighted by atomic mass is 16.5. The SMILES string of the molecule is COc1ccc(OC)c2nc(N3CCOCC3)c(CNCC(C)c3ccccc3)cc12. The minimum absolute atomic E-state index is 0.427. The fourth-order valence-corrected chi connectivity index (χ4v) is 4.09. The van der Waals surface area contributed by atoms with E-state index in [4.69, 9.17) is 19.2 Å². The smallest absolute Gasteiger partial charge is 0.145 e. The Balaban J connectivity index is 1.64. The molecule has 1 atom stereocenters. The maximum atomic E-state index is 5.62. The topological polar surface area (TPSA) is 55.9 Å². The first kappa shape index (κ1) is 21.4. The van der Waals surface area contributed by atoms with E-state index in [2.05, 4.69) is 53.5 Å². The van der Waals surface area contributed by atoms with Crippen LogP contribution in [0.1, 0.15) is 24.0 Å². The number of hydrogen-bond acceptors (Lipinski definition) is 6. The summed E-state index contributed by atoms with van der Waals surface area (Å²) in [7, 11) is 3.37. The highest BCUT2D eigenvalue weighted by Gasteiger charge is 2.20. The number of aromatic nitrogens is 1. The van der Waals surface area contributed by atoms with E-state index in [1.165, 1.54) is 5.56 Å². The molecule has 0 amide bonds. The Morgan fingerprint density at radius 3 is 2.45 bits per heavy atom. The average molecular weight is 422 g/mol. The molecule has 6 nitrogen and oxygen atoms in total. The Morgan fingerprint density at radius 1 is 1.03 bits per heavy atom. The molecule has 2 aromatic carbocycles. The predicted molar refractivity (Wildman–Crippen MR) is 124 cm³/mol. The van der Waals surface area contributed by atoms with Gasteiger partial charge in [0.1, 0.15) is 22.8 Å². The van der Waals surface area contributed by atoms with Gasteiger partial charge in [-0.1, -0.05) is 37.3 Å². The lowest BCUT2D eigenvalue weighted by atomic mass is 10.0. The van der Waals surface area contributed by atoms with E-state index in [-0.39, 0.29) is 0 Å². The van der Waals surface area contributed by atoms with E-state index >= 15 is 0 Å². The second-order valence-corrected chi connectivity index (χ2v) is 7.88. The van der Waals surface area contributed by atoms with Crippen LogP contribution >= 0.6 is 0 Å². The number of rotatable bonds is 8. The molecule has 0 spiro atoms. The van der Waals surface area contributed by atoms with E-state index in [9.17, 15) is 0 Å². The van der Waals surface area contributed by atoms with Crippen molar-refractivity contribution in [2.24, 2.45) is 0 Å². The number of nitrogens with zero attached hydrogens (tertiary/aromatic N) is 2. The molecule has 0 radical (unpaired) electrons. The lowest BCUT2D eigenvalue weighted by molar-refractivity contribution is 0.122. The number of methoxy groups -OCH3 is 2. The van der Waals surface area contributed by atoms with Crippen LogP contribution in [0.5, 0.6) is 11.5 Å². The van der Waals surface area contributed by atoms with Crippen LogP contribution in [0, 0.1) is 0 Å². The van der Waals surface area contributed by atoms with Gasteiger partial charge >= 0.3 is 0 Å². The van der Waals surface area contributed by atoms with Crippen molar-refractivity contribution in [3.63, 3.8) is 0 Å². The lowest BCUT2D eigenvalue weighted by Crippen LogP contribution is -2.37. The highest BCUT2D eigenvalue weighted by molar-refractivity contribution is 5.92. The Morgan fingerprint density at radius 2 is 1.74 bits per heavy atom. The van der Waals surface area contributed by atoms with Crippen LogP contribution in [-0.4, -0.2) is 52.1 Å². The molecule has 1 unspecified atom stereocenters. The third-order valence-electron chi connectivity index (χ3n) is 5.85. The summed E-state index contributed by atoms with van der Waals surface area (Å²) in [5, 5.41) is 4.60. The number of fused-ring (bicyclic) bond motifs is 1. The van der Waals surface area contributed by atoms with Crippen molar-refractivity contribution in [2.45, 2.75) is 19.4 Å². The lowest BCUT2D eigenvalue weighted by Gasteiger charge is -2.30. The van der Waals surface area contributed by atoms with Gasteiger partial charge in [0.25, 0.3) is 0 Å². The van der Waals surface area contributed by atoms with Gasteiger partial charge in [0.05, 0.1) is 27.4 Å². The minimum Gasteiger partial charge on any atom is -0.496 e. The monoisotopic (exact) mass is 421 g/mol. The fourth-order valence-electron chi connectivity index (χ4n) is 4.09. The van der Waals surface area contributed by atoms with Gasteiger partial charge in [0, 0.05) is 37.1 Å². The molecule has 1 aliphatic heterocycles. The summed E-state index contributed by atoms with van der Waals surface area (Å²) in [6.07, 6.45) is 0. The normalized spacial score (nSPS) is 15.1. The molecule has 1 saturated heterocycles. The van der Waals surface area contributed by atoms with Crippen molar-refractivity contribution in [3.8, 4) is 11.5 Å². The molecule has 3 aromatic rings. The molecule has 1 fully saturated rings. The number of anilines is 1. The molecule has 0 saturated carbocycles. The van der Waals surface area contributed by atoms with Crippen LogP contribution in [0.15, 0.2) is 48.5 Å². The van der Waals surface area contributed by atoms with Crippen LogP contribution in [0.25, 0.3) is 10.9 Å². The molecule has 1 aromatic heterocycles. The van der Waals surface area contributed by atoms with Crippen LogP contribution < -0.4 is 19.7 Å². The van der Waals surface area contributed by atoms with Crippen LogP contribution in [0.3, 0.4) is 0 Å². The molecule has 6 heteroatoms. The molecule has 1 aliphatic rings. The van der Waals surface area contributed by atoms with Crippen LogP contribution in [0.2, 0.25) is 0 Å². The van der Waals surface area contributed by atoms with Gasteiger partial charge in [0.2, 0.25) is 0 Å². The highest BCUT2D eigenvalue weighted by Crippen LogP contribution is 2.35. The summed E-state index contributed by atoms with van der Waals surface area (Å²) in [6, 6.07) is 16.6. The number of pyridine rings is 1. The number of hydrogen-bond donors (Lipinski definition) is 1. The molecule has 31 heavy (non-hydrogen) atoms. The molecular weight excluding hydrogens is 390 g/mol. The first-order chi connectivity index (χ1) is 15.2. The summed E-state index contributed by atoms with van der Waals surface area (Å²) >= 11 is 0. The summed E-state index contributed by atoms with van der Waals surface area (Å²) in [5.74, 6) is 2.97. The third kappa shape index (κ3) is 4.75. The Labute approximate surface area is 184 Å². The van der Waals surface area contributed by atoms with E-state index in [1.54, 1.807) is 14.2 Å².